The molecule has 1 unspecified atom stereocenters. The molecule has 0 saturated carbocycles. The first-order valence-electron chi connectivity index (χ1n) is 18.4. The maximum absolute atomic E-state index is 2.66. The molecule has 0 aliphatic carbocycles. The van der Waals surface area contributed by atoms with E-state index in [2.05, 4.69) is 194 Å². The Labute approximate surface area is 297 Å². The van der Waals surface area contributed by atoms with E-state index in [-0.39, 0.29) is 5.54 Å². The SMILES string of the molecule is CCC1c2ccc(N3c4ccccc4[Si](c4ccccc4)(c4ccccc4)c4ccccc43)cc2-c2c3ccccc3cc[n+]2C1(CC)CC. The quantitative estimate of drug-likeness (QED) is 0.127. The fourth-order valence-electron chi connectivity index (χ4n) is 9.89. The minimum Gasteiger partial charge on any atom is -0.311 e. The highest BCUT2D eigenvalue weighted by atomic mass is 28.3. The van der Waals surface area contributed by atoms with E-state index in [4.69, 9.17) is 0 Å². The molecule has 1 atom stereocenters. The Kier molecular flexibility index (Phi) is 7.36. The van der Waals surface area contributed by atoms with Gasteiger partial charge in [-0.3, -0.25) is 0 Å². The highest BCUT2D eigenvalue weighted by Crippen LogP contribution is 2.50. The molecule has 0 amide bonds. The normalized spacial score (nSPS) is 16.6. The molecule has 2 aliphatic rings. The van der Waals surface area contributed by atoms with Crippen LogP contribution in [0, 0.1) is 0 Å². The van der Waals surface area contributed by atoms with E-state index in [0.29, 0.717) is 5.92 Å². The van der Waals surface area contributed by atoms with Crippen LogP contribution in [0.3, 0.4) is 0 Å². The van der Waals surface area contributed by atoms with Crippen LogP contribution in [0.15, 0.2) is 164 Å². The fraction of sp³-hybridized carbons (Fsp3) is 0.170. The molecule has 9 rings (SSSR count). The molecule has 0 saturated heterocycles. The van der Waals surface area contributed by atoms with Crippen molar-refractivity contribution < 1.29 is 4.57 Å². The standard InChI is InChI=1S/C47H43N2Si/c1-4-41-39-30-29-35(33-40(39)46-38-24-14-13-19-34(38)31-32-48(46)47(41,5-2)6-3)49-42-25-15-17-27-44(42)50(36-20-9-7-10-21-36,37-22-11-8-12-23-37)45-28-18-16-26-43(45)49/h7-33,41H,4-6H2,1-3H3/q+1. The van der Waals surface area contributed by atoms with Crippen LogP contribution < -0.4 is 30.2 Å². The van der Waals surface area contributed by atoms with Gasteiger partial charge in [0.25, 0.3) is 0 Å². The van der Waals surface area contributed by atoms with Gasteiger partial charge in [0, 0.05) is 41.9 Å². The van der Waals surface area contributed by atoms with Crippen LogP contribution in [0.4, 0.5) is 17.1 Å². The van der Waals surface area contributed by atoms with E-state index in [9.17, 15) is 0 Å². The zero-order chi connectivity index (χ0) is 33.9. The number of aromatic nitrogens is 1. The van der Waals surface area contributed by atoms with Crippen molar-refractivity contribution in [2.24, 2.45) is 0 Å². The number of nitrogens with zero attached hydrogens (tertiary/aromatic N) is 2. The number of pyridine rings is 1. The van der Waals surface area contributed by atoms with Gasteiger partial charge in [-0.1, -0.05) is 142 Å². The molecule has 244 valence electrons. The van der Waals surface area contributed by atoms with Gasteiger partial charge in [0.2, 0.25) is 5.69 Å². The zero-order valence-corrected chi connectivity index (χ0v) is 30.2. The van der Waals surface area contributed by atoms with Crippen molar-refractivity contribution >= 4 is 56.7 Å². The molecule has 3 heterocycles. The van der Waals surface area contributed by atoms with E-state index < -0.39 is 8.07 Å². The average Bonchev–Trinajstić information content (AvgIpc) is 3.19. The lowest BCUT2D eigenvalue weighted by atomic mass is 9.69. The largest absolute Gasteiger partial charge is 0.311 e. The summed E-state index contributed by atoms with van der Waals surface area (Å²) in [6.07, 6.45) is 5.68. The lowest BCUT2D eigenvalue weighted by molar-refractivity contribution is -0.761. The smallest absolute Gasteiger partial charge is 0.221 e. The van der Waals surface area contributed by atoms with Crippen LogP contribution in [0.25, 0.3) is 22.0 Å². The summed E-state index contributed by atoms with van der Waals surface area (Å²) in [4.78, 5) is 2.56. The Morgan fingerprint density at radius 1 is 0.600 bits per heavy atom. The van der Waals surface area contributed by atoms with Crippen molar-refractivity contribution in [2.45, 2.75) is 51.5 Å². The number of fused-ring (bicyclic) bond motifs is 7. The highest BCUT2D eigenvalue weighted by Gasteiger charge is 2.52. The lowest BCUT2D eigenvalue weighted by Crippen LogP contribution is -2.77. The molecule has 7 aromatic rings. The third kappa shape index (κ3) is 4.16. The number of anilines is 3. The van der Waals surface area contributed by atoms with Crippen molar-refractivity contribution in [2.75, 3.05) is 4.90 Å². The Hall–Kier alpha value is -5.25. The summed E-state index contributed by atoms with van der Waals surface area (Å²) in [6, 6.07) is 59.7. The van der Waals surface area contributed by atoms with Crippen molar-refractivity contribution in [3.63, 3.8) is 0 Å². The number of hydrogen-bond donors (Lipinski definition) is 0. The van der Waals surface area contributed by atoms with E-state index in [1.165, 1.54) is 65.4 Å². The van der Waals surface area contributed by atoms with Crippen LogP contribution in [-0.4, -0.2) is 8.07 Å². The summed E-state index contributed by atoms with van der Waals surface area (Å²) >= 11 is 0. The number of benzene rings is 6. The highest BCUT2D eigenvalue weighted by molar-refractivity contribution is 7.21. The van der Waals surface area contributed by atoms with Gasteiger partial charge >= 0.3 is 0 Å². The molecule has 6 aromatic carbocycles. The molecule has 3 heteroatoms. The van der Waals surface area contributed by atoms with Crippen LogP contribution in [0.5, 0.6) is 0 Å². The van der Waals surface area contributed by atoms with E-state index in [0.717, 1.165) is 19.3 Å². The molecular formula is C47H43N2Si+. The van der Waals surface area contributed by atoms with Crippen molar-refractivity contribution in [1.29, 1.82) is 0 Å². The second-order valence-corrected chi connectivity index (χ2v) is 17.7. The Balaban J connectivity index is 1.35. The first-order valence-corrected chi connectivity index (χ1v) is 20.4. The lowest BCUT2D eigenvalue weighted by Gasteiger charge is -2.45. The molecule has 1 aromatic heterocycles. The summed E-state index contributed by atoms with van der Waals surface area (Å²) in [5, 5.41) is 8.30. The van der Waals surface area contributed by atoms with Gasteiger partial charge in [-0.2, -0.15) is 4.57 Å². The predicted molar refractivity (Wildman–Crippen MR) is 213 cm³/mol. The maximum Gasteiger partial charge on any atom is 0.221 e. The molecule has 0 fully saturated rings. The number of para-hydroxylation sites is 2. The summed E-state index contributed by atoms with van der Waals surface area (Å²) < 4.78 is 2.66. The molecular weight excluding hydrogens is 621 g/mol. The Bertz CT molecular complexity index is 2270. The van der Waals surface area contributed by atoms with Crippen LogP contribution in [0.2, 0.25) is 0 Å². The summed E-state index contributed by atoms with van der Waals surface area (Å²) in [5.41, 5.74) is 7.98. The summed E-state index contributed by atoms with van der Waals surface area (Å²) in [5.74, 6) is 0.428. The van der Waals surface area contributed by atoms with E-state index in [1.54, 1.807) is 0 Å². The Morgan fingerprint density at radius 2 is 1.16 bits per heavy atom. The van der Waals surface area contributed by atoms with E-state index >= 15 is 0 Å². The molecule has 0 radical (unpaired) electrons. The molecule has 0 N–H and O–H groups in total. The first kappa shape index (κ1) is 30.8. The van der Waals surface area contributed by atoms with Gasteiger partial charge in [0.15, 0.2) is 19.8 Å². The van der Waals surface area contributed by atoms with Crippen LogP contribution in [0.1, 0.15) is 51.5 Å². The minimum absolute atomic E-state index is 0.0313. The molecule has 2 aliphatic heterocycles. The molecule has 50 heavy (non-hydrogen) atoms. The van der Waals surface area contributed by atoms with Gasteiger partial charge in [-0.05, 0) is 68.4 Å². The minimum atomic E-state index is -2.66. The monoisotopic (exact) mass is 663 g/mol. The summed E-state index contributed by atoms with van der Waals surface area (Å²) in [7, 11) is -2.66. The van der Waals surface area contributed by atoms with Crippen molar-refractivity contribution in [3.8, 4) is 11.3 Å². The molecule has 0 bridgehead atoms. The predicted octanol–water partition coefficient (Wildman–Crippen LogP) is 8.98. The Morgan fingerprint density at radius 3 is 1.76 bits per heavy atom. The molecule has 2 nitrogen and oxygen atoms in total. The zero-order valence-electron chi connectivity index (χ0n) is 29.2. The van der Waals surface area contributed by atoms with Gasteiger partial charge in [-0.15, -0.1) is 0 Å². The van der Waals surface area contributed by atoms with Crippen molar-refractivity contribution in [3.05, 3.63) is 169 Å². The average molecular weight is 664 g/mol. The second kappa shape index (κ2) is 12.0. The second-order valence-electron chi connectivity index (χ2n) is 14.0. The van der Waals surface area contributed by atoms with Gasteiger partial charge in [-0.25, -0.2) is 0 Å². The number of hydrogen-bond acceptors (Lipinski definition) is 1. The summed E-state index contributed by atoms with van der Waals surface area (Å²) in [6.45, 7) is 7.15. The van der Waals surface area contributed by atoms with Crippen LogP contribution in [-0.2, 0) is 5.54 Å². The topological polar surface area (TPSA) is 7.12 Å². The van der Waals surface area contributed by atoms with Gasteiger partial charge in [0.05, 0.1) is 10.9 Å². The molecule has 0 spiro atoms. The maximum atomic E-state index is 2.66. The third-order valence-electron chi connectivity index (χ3n) is 12.1. The number of rotatable bonds is 6. The van der Waals surface area contributed by atoms with E-state index in [1.807, 2.05) is 0 Å². The van der Waals surface area contributed by atoms with Gasteiger partial charge in [0.1, 0.15) is 0 Å². The fourth-order valence-corrected chi connectivity index (χ4v) is 15.0. The van der Waals surface area contributed by atoms with Crippen molar-refractivity contribution in [1.82, 2.24) is 0 Å². The first-order chi connectivity index (χ1) is 24.7. The third-order valence-corrected chi connectivity index (χ3v) is 16.9. The van der Waals surface area contributed by atoms with Gasteiger partial charge < -0.3 is 4.90 Å². The van der Waals surface area contributed by atoms with Crippen LogP contribution >= 0.6 is 0 Å².